The van der Waals surface area contributed by atoms with Gasteiger partial charge < -0.3 is 10.0 Å². The zero-order valence-corrected chi connectivity index (χ0v) is 12.2. The fourth-order valence-corrected chi connectivity index (χ4v) is 2.99. The monoisotopic (exact) mass is 299 g/mol. The highest BCUT2D eigenvalue weighted by Crippen LogP contribution is 2.33. The number of hydrogen-bond donors (Lipinski definition) is 1. The first kappa shape index (κ1) is 14.6. The van der Waals surface area contributed by atoms with E-state index < -0.39 is 0 Å². The summed E-state index contributed by atoms with van der Waals surface area (Å²) in [6.45, 7) is 0.742. The fraction of sp³-hybridized carbons (Fsp3) is 0.278. The molecule has 1 N–H and O–H groups in total. The van der Waals surface area contributed by atoms with Crippen LogP contribution in [0.2, 0.25) is 0 Å². The van der Waals surface area contributed by atoms with Crippen LogP contribution in [0.3, 0.4) is 0 Å². The summed E-state index contributed by atoms with van der Waals surface area (Å²) in [5.41, 5.74) is 1.87. The van der Waals surface area contributed by atoms with Gasteiger partial charge in [0.25, 0.3) is 0 Å². The Kier molecular flexibility index (Phi) is 4.09. The van der Waals surface area contributed by atoms with E-state index in [4.69, 9.17) is 0 Å². The molecular weight excluding hydrogens is 281 g/mol. The second kappa shape index (κ2) is 6.18. The van der Waals surface area contributed by atoms with Crippen molar-refractivity contribution in [3.8, 4) is 5.75 Å². The van der Waals surface area contributed by atoms with E-state index >= 15 is 0 Å². The second-order valence-corrected chi connectivity index (χ2v) is 5.64. The Morgan fingerprint density at radius 2 is 1.82 bits per heavy atom. The predicted molar refractivity (Wildman–Crippen MR) is 81.9 cm³/mol. The third kappa shape index (κ3) is 3.11. The predicted octanol–water partition coefficient (Wildman–Crippen LogP) is 3.44. The summed E-state index contributed by atoms with van der Waals surface area (Å²) in [5, 5.41) is 9.38. The van der Waals surface area contributed by atoms with Gasteiger partial charge in [-0.15, -0.1) is 0 Å². The molecule has 1 heterocycles. The topological polar surface area (TPSA) is 40.5 Å². The number of amides is 1. The van der Waals surface area contributed by atoms with Gasteiger partial charge in [0.1, 0.15) is 11.6 Å². The van der Waals surface area contributed by atoms with Gasteiger partial charge in [-0.1, -0.05) is 24.3 Å². The van der Waals surface area contributed by atoms with Crippen LogP contribution in [-0.2, 0) is 11.2 Å². The molecule has 0 unspecified atom stereocenters. The summed E-state index contributed by atoms with van der Waals surface area (Å²) in [4.78, 5) is 14.4. The lowest BCUT2D eigenvalue weighted by Gasteiger charge is -2.25. The summed E-state index contributed by atoms with van der Waals surface area (Å²) >= 11 is 0. The molecular formula is C18H18FNO2. The summed E-state index contributed by atoms with van der Waals surface area (Å²) in [6.07, 6.45) is 2.19. The van der Waals surface area contributed by atoms with Crippen molar-refractivity contribution in [1.29, 1.82) is 0 Å². The number of likely N-dealkylation sites (tertiary alicyclic amines) is 1. The Hall–Kier alpha value is -2.36. The van der Waals surface area contributed by atoms with E-state index in [2.05, 4.69) is 0 Å². The smallest absolute Gasteiger partial charge is 0.227 e. The number of halogens is 1. The number of hydrogen-bond acceptors (Lipinski definition) is 2. The molecule has 1 atom stereocenters. The van der Waals surface area contributed by atoms with Crippen LogP contribution in [0, 0.1) is 5.82 Å². The summed E-state index contributed by atoms with van der Waals surface area (Å²) in [6, 6.07) is 13.2. The minimum atomic E-state index is -0.292. The highest BCUT2D eigenvalue weighted by molar-refractivity contribution is 5.79. The molecule has 1 saturated heterocycles. The molecule has 1 aliphatic rings. The van der Waals surface area contributed by atoms with Crippen molar-refractivity contribution in [3.63, 3.8) is 0 Å². The number of rotatable bonds is 3. The average Bonchev–Trinajstić information content (AvgIpc) is 3.00. The van der Waals surface area contributed by atoms with E-state index in [0.29, 0.717) is 0 Å². The quantitative estimate of drug-likeness (QED) is 0.943. The fourth-order valence-electron chi connectivity index (χ4n) is 2.99. The first-order valence-electron chi connectivity index (χ1n) is 7.46. The lowest BCUT2D eigenvalue weighted by molar-refractivity contribution is -0.131. The molecule has 3 nitrogen and oxygen atoms in total. The first-order valence-corrected chi connectivity index (χ1v) is 7.46. The van der Waals surface area contributed by atoms with Gasteiger partial charge in [0.15, 0.2) is 0 Å². The first-order chi connectivity index (χ1) is 10.6. The molecule has 0 radical (unpaired) electrons. The summed E-state index contributed by atoms with van der Waals surface area (Å²) in [5.74, 6) is -0.00698. The van der Waals surface area contributed by atoms with Crippen LogP contribution in [0.15, 0.2) is 48.5 Å². The van der Waals surface area contributed by atoms with Crippen molar-refractivity contribution in [1.82, 2.24) is 4.90 Å². The van der Waals surface area contributed by atoms with Crippen LogP contribution in [-0.4, -0.2) is 22.5 Å². The molecule has 1 amide bonds. The molecule has 0 aliphatic carbocycles. The number of phenols is 1. The van der Waals surface area contributed by atoms with E-state index in [1.165, 1.54) is 12.1 Å². The van der Waals surface area contributed by atoms with Gasteiger partial charge in [-0.3, -0.25) is 4.79 Å². The maximum atomic E-state index is 12.9. The maximum Gasteiger partial charge on any atom is 0.227 e. The molecule has 4 heteroatoms. The number of benzene rings is 2. The second-order valence-electron chi connectivity index (χ2n) is 5.64. The van der Waals surface area contributed by atoms with Crippen molar-refractivity contribution >= 4 is 5.91 Å². The Bertz CT molecular complexity index is 652. The van der Waals surface area contributed by atoms with Crippen molar-refractivity contribution in [2.75, 3.05) is 6.54 Å². The minimum absolute atomic E-state index is 0.0576. The Balaban J connectivity index is 1.73. The van der Waals surface area contributed by atoms with Crippen LogP contribution >= 0.6 is 0 Å². The maximum absolute atomic E-state index is 12.9. The number of carbonyl (C=O) groups excluding carboxylic acids is 1. The molecule has 114 valence electrons. The van der Waals surface area contributed by atoms with Crippen LogP contribution in [0.25, 0.3) is 0 Å². The van der Waals surface area contributed by atoms with Crippen LogP contribution in [0.4, 0.5) is 4.39 Å². The minimum Gasteiger partial charge on any atom is -0.508 e. The standard InChI is InChI=1S/C18H18FNO2/c19-15-7-3-13(4-8-15)12-18(22)20-11-1-2-17(20)14-5-9-16(21)10-6-14/h3-10,17,21H,1-2,11-12H2/t17-/m0/s1. The zero-order chi connectivity index (χ0) is 15.5. The SMILES string of the molecule is O=C(Cc1ccc(F)cc1)N1CCC[C@H]1c1ccc(O)cc1. The van der Waals surface area contributed by atoms with E-state index in [1.54, 1.807) is 24.3 Å². The molecule has 1 fully saturated rings. The molecule has 0 spiro atoms. The molecule has 2 aromatic rings. The highest BCUT2D eigenvalue weighted by Gasteiger charge is 2.29. The Morgan fingerprint density at radius 3 is 2.50 bits per heavy atom. The molecule has 1 aliphatic heterocycles. The number of carbonyl (C=O) groups is 1. The van der Waals surface area contributed by atoms with Crippen LogP contribution in [0.1, 0.15) is 30.0 Å². The van der Waals surface area contributed by atoms with Gasteiger partial charge in [-0.2, -0.15) is 0 Å². The van der Waals surface area contributed by atoms with Crippen molar-refractivity contribution in [2.24, 2.45) is 0 Å². The van der Waals surface area contributed by atoms with Gasteiger partial charge >= 0.3 is 0 Å². The van der Waals surface area contributed by atoms with Gasteiger partial charge in [0.2, 0.25) is 5.91 Å². The number of aromatic hydroxyl groups is 1. The Morgan fingerprint density at radius 1 is 1.14 bits per heavy atom. The highest BCUT2D eigenvalue weighted by atomic mass is 19.1. The number of phenolic OH excluding ortho intramolecular Hbond substituents is 1. The van der Waals surface area contributed by atoms with Crippen molar-refractivity contribution in [3.05, 3.63) is 65.5 Å². The van der Waals surface area contributed by atoms with E-state index in [9.17, 15) is 14.3 Å². The van der Waals surface area contributed by atoms with Gasteiger partial charge in [-0.25, -0.2) is 4.39 Å². The normalized spacial score (nSPS) is 17.7. The molecule has 3 rings (SSSR count). The number of nitrogens with zero attached hydrogens (tertiary/aromatic N) is 1. The van der Waals surface area contributed by atoms with Crippen molar-refractivity contribution < 1.29 is 14.3 Å². The lowest BCUT2D eigenvalue weighted by atomic mass is 10.0. The van der Waals surface area contributed by atoms with Crippen LogP contribution in [0.5, 0.6) is 5.75 Å². The molecule has 0 saturated carbocycles. The van der Waals surface area contributed by atoms with Gasteiger partial charge in [0.05, 0.1) is 12.5 Å². The summed E-state index contributed by atoms with van der Waals surface area (Å²) < 4.78 is 12.9. The third-order valence-corrected chi connectivity index (χ3v) is 4.12. The van der Waals surface area contributed by atoms with E-state index in [-0.39, 0.29) is 29.9 Å². The van der Waals surface area contributed by atoms with Crippen molar-refractivity contribution in [2.45, 2.75) is 25.3 Å². The van der Waals surface area contributed by atoms with E-state index in [0.717, 1.165) is 30.5 Å². The van der Waals surface area contributed by atoms with E-state index in [1.807, 2.05) is 17.0 Å². The summed E-state index contributed by atoms with van der Waals surface area (Å²) in [7, 11) is 0. The third-order valence-electron chi connectivity index (χ3n) is 4.12. The van der Waals surface area contributed by atoms with Gasteiger partial charge in [0, 0.05) is 6.54 Å². The molecule has 2 aromatic carbocycles. The zero-order valence-electron chi connectivity index (χ0n) is 12.2. The van der Waals surface area contributed by atoms with Crippen LogP contribution < -0.4 is 0 Å². The molecule has 0 aromatic heterocycles. The average molecular weight is 299 g/mol. The molecule has 22 heavy (non-hydrogen) atoms. The van der Waals surface area contributed by atoms with Gasteiger partial charge in [-0.05, 0) is 48.2 Å². The largest absolute Gasteiger partial charge is 0.508 e. The lowest BCUT2D eigenvalue weighted by Crippen LogP contribution is -2.31. The molecule has 0 bridgehead atoms. The Labute approximate surface area is 129 Å².